The number of aromatic nitrogens is 1. The Morgan fingerprint density at radius 3 is 3.00 bits per heavy atom. The van der Waals surface area contributed by atoms with Crippen molar-refractivity contribution in [3.63, 3.8) is 0 Å². The number of pyridine rings is 1. The van der Waals surface area contributed by atoms with Crippen LogP contribution in [0, 0.1) is 0 Å². The van der Waals surface area contributed by atoms with Crippen molar-refractivity contribution < 1.29 is 9.53 Å². The summed E-state index contributed by atoms with van der Waals surface area (Å²) in [5.74, 6) is 0.390. The smallest absolute Gasteiger partial charge is 0.323 e. The van der Waals surface area contributed by atoms with Crippen LogP contribution in [0.4, 0.5) is 0 Å². The summed E-state index contributed by atoms with van der Waals surface area (Å²) in [7, 11) is 0. The van der Waals surface area contributed by atoms with Gasteiger partial charge in [0.25, 0.3) is 0 Å². The van der Waals surface area contributed by atoms with Crippen molar-refractivity contribution >= 4 is 33.7 Å². The lowest BCUT2D eigenvalue weighted by Gasteiger charge is -2.15. The molecule has 0 radical (unpaired) electrons. The lowest BCUT2D eigenvalue weighted by atomic mass is 10.3. The van der Waals surface area contributed by atoms with Crippen LogP contribution in [-0.2, 0) is 9.53 Å². The van der Waals surface area contributed by atoms with Gasteiger partial charge in [0, 0.05) is 16.4 Å². The average Bonchev–Trinajstić information content (AvgIpc) is 2.36. The normalized spacial score (nSPS) is 12.2. The second kappa shape index (κ2) is 8.50. The fraction of sp³-hybridized carbons (Fsp3) is 0.500. The van der Waals surface area contributed by atoms with Crippen molar-refractivity contribution in [3.8, 4) is 0 Å². The van der Waals surface area contributed by atoms with Crippen molar-refractivity contribution in [1.29, 1.82) is 0 Å². The molecule has 0 bridgehead atoms. The SMILES string of the molecule is CCNC(CSc1ncccc1Br)C(=O)OCC. The predicted octanol–water partition coefficient (Wildman–Crippen LogP) is 2.48. The highest BCUT2D eigenvalue weighted by Crippen LogP contribution is 2.25. The van der Waals surface area contributed by atoms with Crippen molar-refractivity contribution in [2.45, 2.75) is 24.9 Å². The number of likely N-dealkylation sites (N-methyl/N-ethyl adjacent to an activating group) is 1. The lowest BCUT2D eigenvalue weighted by molar-refractivity contribution is -0.144. The summed E-state index contributed by atoms with van der Waals surface area (Å²) >= 11 is 4.96. The number of carbonyl (C=O) groups excluding carboxylic acids is 1. The highest BCUT2D eigenvalue weighted by atomic mass is 79.9. The molecule has 1 unspecified atom stereocenters. The van der Waals surface area contributed by atoms with Gasteiger partial charge >= 0.3 is 5.97 Å². The summed E-state index contributed by atoms with van der Waals surface area (Å²) in [5, 5.41) is 4.00. The van der Waals surface area contributed by atoms with Gasteiger partial charge in [-0.15, -0.1) is 11.8 Å². The standard InChI is InChI=1S/C12H17BrN2O2S/c1-3-14-10(12(16)17-4-2)8-18-11-9(13)6-5-7-15-11/h5-7,10,14H,3-4,8H2,1-2H3. The summed E-state index contributed by atoms with van der Waals surface area (Å²) < 4.78 is 5.97. The number of halogens is 1. The van der Waals surface area contributed by atoms with Crippen LogP contribution in [0.5, 0.6) is 0 Å². The molecule has 0 saturated heterocycles. The van der Waals surface area contributed by atoms with E-state index >= 15 is 0 Å². The van der Waals surface area contributed by atoms with E-state index in [-0.39, 0.29) is 12.0 Å². The van der Waals surface area contributed by atoms with Gasteiger partial charge in [-0.1, -0.05) is 6.92 Å². The number of rotatable bonds is 7. The van der Waals surface area contributed by atoms with E-state index in [1.54, 1.807) is 6.20 Å². The maximum Gasteiger partial charge on any atom is 0.323 e. The number of nitrogens with one attached hydrogen (secondary N) is 1. The molecule has 18 heavy (non-hydrogen) atoms. The van der Waals surface area contributed by atoms with Crippen LogP contribution in [-0.4, -0.2) is 35.9 Å². The molecule has 0 aliphatic rings. The molecule has 0 aromatic carbocycles. The maximum atomic E-state index is 11.7. The Hall–Kier alpha value is -0.590. The molecule has 1 aromatic heterocycles. The highest BCUT2D eigenvalue weighted by Gasteiger charge is 2.19. The number of hydrogen-bond donors (Lipinski definition) is 1. The Balaban J connectivity index is 2.57. The fourth-order valence-electron chi connectivity index (χ4n) is 1.34. The van der Waals surface area contributed by atoms with Gasteiger partial charge in [0.15, 0.2) is 0 Å². The minimum absolute atomic E-state index is 0.209. The van der Waals surface area contributed by atoms with E-state index in [4.69, 9.17) is 4.74 Å². The molecule has 4 nitrogen and oxygen atoms in total. The molecular weight excluding hydrogens is 316 g/mol. The number of hydrogen-bond acceptors (Lipinski definition) is 5. The zero-order valence-electron chi connectivity index (χ0n) is 10.5. The second-order valence-corrected chi connectivity index (χ2v) is 5.33. The first-order valence-electron chi connectivity index (χ1n) is 5.82. The van der Waals surface area contributed by atoms with E-state index in [9.17, 15) is 4.79 Å². The van der Waals surface area contributed by atoms with Crippen molar-refractivity contribution in [2.24, 2.45) is 0 Å². The largest absolute Gasteiger partial charge is 0.465 e. The topological polar surface area (TPSA) is 51.2 Å². The molecule has 0 amide bonds. The lowest BCUT2D eigenvalue weighted by Crippen LogP contribution is -2.40. The van der Waals surface area contributed by atoms with Crippen LogP contribution in [0.3, 0.4) is 0 Å². The summed E-state index contributed by atoms with van der Waals surface area (Å²) in [6.07, 6.45) is 1.74. The van der Waals surface area contributed by atoms with E-state index in [0.717, 1.165) is 16.0 Å². The molecule has 0 aliphatic carbocycles. The van der Waals surface area contributed by atoms with Crippen molar-refractivity contribution in [2.75, 3.05) is 18.9 Å². The molecule has 0 fully saturated rings. The van der Waals surface area contributed by atoms with Crippen LogP contribution < -0.4 is 5.32 Å². The van der Waals surface area contributed by atoms with Gasteiger partial charge in [-0.3, -0.25) is 4.79 Å². The minimum Gasteiger partial charge on any atom is -0.465 e. The number of thioether (sulfide) groups is 1. The first-order chi connectivity index (χ1) is 8.69. The summed E-state index contributed by atoms with van der Waals surface area (Å²) in [6, 6.07) is 3.50. The minimum atomic E-state index is -0.297. The van der Waals surface area contributed by atoms with Gasteiger partial charge in [0.1, 0.15) is 11.1 Å². The number of nitrogens with zero attached hydrogens (tertiary/aromatic N) is 1. The maximum absolute atomic E-state index is 11.7. The molecule has 1 heterocycles. The molecule has 1 aromatic rings. The third kappa shape index (κ3) is 4.96. The molecular formula is C12H17BrN2O2S. The molecule has 0 saturated carbocycles. The monoisotopic (exact) mass is 332 g/mol. The van der Waals surface area contributed by atoms with Crippen LogP contribution in [0.1, 0.15) is 13.8 Å². The zero-order chi connectivity index (χ0) is 13.4. The van der Waals surface area contributed by atoms with Crippen LogP contribution in [0.25, 0.3) is 0 Å². The highest BCUT2D eigenvalue weighted by molar-refractivity contribution is 9.10. The van der Waals surface area contributed by atoms with Gasteiger partial charge < -0.3 is 10.1 Å². The molecule has 1 atom stereocenters. The third-order valence-corrected chi connectivity index (χ3v) is 4.13. The van der Waals surface area contributed by atoms with E-state index in [1.807, 2.05) is 26.0 Å². The molecule has 0 spiro atoms. The van der Waals surface area contributed by atoms with Gasteiger partial charge in [0.2, 0.25) is 0 Å². The predicted molar refractivity (Wildman–Crippen MR) is 76.8 cm³/mol. The van der Waals surface area contributed by atoms with Crippen LogP contribution in [0.2, 0.25) is 0 Å². The van der Waals surface area contributed by atoms with E-state index in [1.165, 1.54) is 11.8 Å². The number of carbonyl (C=O) groups is 1. The first kappa shape index (κ1) is 15.5. The van der Waals surface area contributed by atoms with E-state index in [2.05, 4.69) is 26.2 Å². The Morgan fingerprint density at radius 2 is 2.39 bits per heavy atom. The van der Waals surface area contributed by atoms with Gasteiger partial charge in [-0.05, 0) is 41.5 Å². The third-order valence-electron chi connectivity index (χ3n) is 2.13. The summed E-state index contributed by atoms with van der Waals surface area (Å²) in [5.41, 5.74) is 0. The molecule has 1 N–H and O–H groups in total. The second-order valence-electron chi connectivity index (χ2n) is 3.46. The Kier molecular flexibility index (Phi) is 7.31. The number of ether oxygens (including phenoxy) is 1. The summed E-state index contributed by atoms with van der Waals surface area (Å²) in [6.45, 7) is 4.91. The molecule has 6 heteroatoms. The number of esters is 1. The average molecular weight is 333 g/mol. The van der Waals surface area contributed by atoms with E-state index in [0.29, 0.717) is 12.4 Å². The zero-order valence-corrected chi connectivity index (χ0v) is 12.9. The molecule has 100 valence electrons. The molecule has 1 rings (SSSR count). The molecule has 0 aliphatic heterocycles. The van der Waals surface area contributed by atoms with E-state index < -0.39 is 0 Å². The summed E-state index contributed by atoms with van der Waals surface area (Å²) in [4.78, 5) is 16.0. The fourth-order valence-corrected chi connectivity index (χ4v) is 2.86. The van der Waals surface area contributed by atoms with Gasteiger partial charge in [0.05, 0.1) is 6.61 Å². The van der Waals surface area contributed by atoms with Gasteiger partial charge in [-0.2, -0.15) is 0 Å². The van der Waals surface area contributed by atoms with Crippen molar-refractivity contribution in [1.82, 2.24) is 10.3 Å². The van der Waals surface area contributed by atoms with Crippen molar-refractivity contribution in [3.05, 3.63) is 22.8 Å². The quantitative estimate of drug-likeness (QED) is 0.614. The Labute approximate surface area is 120 Å². The van der Waals surface area contributed by atoms with Crippen LogP contribution in [0.15, 0.2) is 27.8 Å². The Bertz CT molecular complexity index is 390. The van der Waals surface area contributed by atoms with Gasteiger partial charge in [-0.25, -0.2) is 4.98 Å². The Morgan fingerprint density at radius 1 is 1.61 bits per heavy atom. The first-order valence-corrected chi connectivity index (χ1v) is 7.60. The van der Waals surface area contributed by atoms with Crippen LogP contribution >= 0.6 is 27.7 Å².